The van der Waals surface area contributed by atoms with E-state index in [0.717, 1.165) is 6.07 Å². The summed E-state index contributed by atoms with van der Waals surface area (Å²) >= 11 is 2.92. The van der Waals surface area contributed by atoms with E-state index in [-0.39, 0.29) is 21.7 Å². The number of nitrogen functional groups attached to an aromatic ring is 1. The Morgan fingerprint density at radius 1 is 1.39 bits per heavy atom. The molecular formula is C9H5BrF2N4O2. The lowest BCUT2D eigenvalue weighted by Gasteiger charge is -2.07. The maximum absolute atomic E-state index is 13.4. The highest BCUT2D eigenvalue weighted by molar-refractivity contribution is 9.10. The summed E-state index contributed by atoms with van der Waals surface area (Å²) in [6.07, 6.45) is 0. The van der Waals surface area contributed by atoms with Crippen LogP contribution >= 0.6 is 15.9 Å². The smallest absolute Gasteiger partial charge is 0.281 e. The molecule has 0 bridgehead atoms. The predicted octanol–water partition coefficient (Wildman–Crippen LogP) is 1.94. The number of amides is 1. The first-order chi connectivity index (χ1) is 8.49. The number of carbonyl (C=O) groups is 1. The van der Waals surface area contributed by atoms with Gasteiger partial charge in [0.25, 0.3) is 5.91 Å². The van der Waals surface area contributed by atoms with Crippen molar-refractivity contribution < 1.29 is 18.2 Å². The van der Waals surface area contributed by atoms with E-state index >= 15 is 0 Å². The SMILES string of the molecule is Nc1nonc1C(=O)Nc1c(F)cc(F)cc1Br. The molecule has 0 unspecified atom stereocenters. The number of nitrogens with one attached hydrogen (secondary N) is 1. The molecule has 1 aromatic heterocycles. The summed E-state index contributed by atoms with van der Waals surface area (Å²) in [5, 5.41) is 8.64. The van der Waals surface area contributed by atoms with Gasteiger partial charge in [-0.15, -0.1) is 0 Å². The van der Waals surface area contributed by atoms with Gasteiger partial charge in [0.2, 0.25) is 11.5 Å². The first kappa shape index (κ1) is 12.4. The molecule has 0 atom stereocenters. The molecule has 1 aromatic carbocycles. The van der Waals surface area contributed by atoms with Gasteiger partial charge in [-0.3, -0.25) is 4.79 Å². The van der Waals surface area contributed by atoms with Crippen LogP contribution in [-0.4, -0.2) is 16.2 Å². The van der Waals surface area contributed by atoms with Crippen LogP contribution in [0.5, 0.6) is 0 Å². The number of halogens is 3. The van der Waals surface area contributed by atoms with Gasteiger partial charge in [0.1, 0.15) is 5.82 Å². The quantitative estimate of drug-likeness (QED) is 0.882. The second-order valence-corrected chi connectivity index (χ2v) is 4.05. The summed E-state index contributed by atoms with van der Waals surface area (Å²) in [6, 6.07) is 1.63. The van der Waals surface area contributed by atoms with E-state index in [9.17, 15) is 13.6 Å². The van der Waals surface area contributed by atoms with Crippen LogP contribution in [0.25, 0.3) is 0 Å². The van der Waals surface area contributed by atoms with Gasteiger partial charge in [-0.25, -0.2) is 13.4 Å². The van der Waals surface area contributed by atoms with Crippen molar-refractivity contribution in [2.24, 2.45) is 0 Å². The van der Waals surface area contributed by atoms with Crippen molar-refractivity contribution in [1.29, 1.82) is 0 Å². The maximum Gasteiger partial charge on any atom is 0.281 e. The Morgan fingerprint density at radius 2 is 2.11 bits per heavy atom. The second-order valence-electron chi connectivity index (χ2n) is 3.20. The van der Waals surface area contributed by atoms with Crippen molar-refractivity contribution >= 4 is 33.3 Å². The van der Waals surface area contributed by atoms with Crippen LogP contribution in [0.3, 0.4) is 0 Å². The number of nitrogens with zero attached hydrogens (tertiary/aromatic N) is 2. The fraction of sp³-hybridized carbons (Fsp3) is 0. The number of hydrogen-bond donors (Lipinski definition) is 2. The highest BCUT2D eigenvalue weighted by atomic mass is 79.9. The van der Waals surface area contributed by atoms with Crippen LogP contribution in [0.1, 0.15) is 10.5 Å². The average Bonchev–Trinajstić information content (AvgIpc) is 2.69. The van der Waals surface area contributed by atoms with Crippen LogP contribution in [0.4, 0.5) is 20.3 Å². The largest absolute Gasteiger partial charge is 0.379 e. The molecular weight excluding hydrogens is 314 g/mol. The monoisotopic (exact) mass is 318 g/mol. The van der Waals surface area contributed by atoms with Crippen molar-refractivity contribution in [3.05, 3.63) is 33.9 Å². The Balaban J connectivity index is 2.31. The summed E-state index contributed by atoms with van der Waals surface area (Å²) in [4.78, 5) is 11.7. The Hall–Kier alpha value is -2.03. The van der Waals surface area contributed by atoms with E-state index in [0.29, 0.717) is 6.07 Å². The minimum absolute atomic E-state index is 0.0448. The topological polar surface area (TPSA) is 94.0 Å². The number of nitrogens with two attached hydrogens (primary N) is 1. The second kappa shape index (κ2) is 4.69. The molecule has 9 heteroatoms. The zero-order valence-electron chi connectivity index (χ0n) is 8.58. The van der Waals surface area contributed by atoms with Gasteiger partial charge in [-0.05, 0) is 32.3 Å². The third-order valence-corrected chi connectivity index (χ3v) is 2.60. The highest BCUT2D eigenvalue weighted by Gasteiger charge is 2.19. The maximum atomic E-state index is 13.4. The molecule has 1 amide bonds. The van der Waals surface area contributed by atoms with Crippen LogP contribution in [0.2, 0.25) is 0 Å². The molecule has 0 aliphatic rings. The molecule has 0 aliphatic heterocycles. The first-order valence-electron chi connectivity index (χ1n) is 4.53. The highest BCUT2D eigenvalue weighted by Crippen LogP contribution is 2.27. The van der Waals surface area contributed by atoms with E-state index in [1.165, 1.54) is 0 Å². The Kier molecular flexibility index (Phi) is 3.24. The molecule has 2 aromatic rings. The first-order valence-corrected chi connectivity index (χ1v) is 5.32. The molecule has 0 saturated heterocycles. The van der Waals surface area contributed by atoms with Gasteiger partial charge < -0.3 is 11.1 Å². The number of carbonyl (C=O) groups excluding carboxylic acids is 1. The molecule has 3 N–H and O–H groups in total. The summed E-state index contributed by atoms with van der Waals surface area (Å²) in [5.74, 6) is -2.77. The lowest BCUT2D eigenvalue weighted by molar-refractivity contribution is 0.101. The summed E-state index contributed by atoms with van der Waals surface area (Å²) in [6.45, 7) is 0. The van der Waals surface area contributed by atoms with Gasteiger partial charge >= 0.3 is 0 Å². The van der Waals surface area contributed by atoms with Gasteiger partial charge in [0.15, 0.2) is 5.82 Å². The predicted molar refractivity (Wildman–Crippen MR) is 60.7 cm³/mol. The van der Waals surface area contributed by atoms with Crippen LogP contribution in [0, 0.1) is 11.6 Å². The average molecular weight is 319 g/mol. The van der Waals surface area contributed by atoms with E-state index in [2.05, 4.69) is 36.2 Å². The number of hydrogen-bond acceptors (Lipinski definition) is 5. The zero-order valence-corrected chi connectivity index (χ0v) is 10.2. The Labute approximate surface area is 107 Å². The lowest BCUT2D eigenvalue weighted by atomic mass is 10.3. The molecule has 6 nitrogen and oxygen atoms in total. The van der Waals surface area contributed by atoms with Crippen molar-refractivity contribution in [3.63, 3.8) is 0 Å². The van der Waals surface area contributed by atoms with Gasteiger partial charge in [-0.1, -0.05) is 0 Å². The van der Waals surface area contributed by atoms with E-state index in [1.54, 1.807) is 0 Å². The molecule has 0 aliphatic carbocycles. The van der Waals surface area contributed by atoms with Gasteiger partial charge in [-0.2, -0.15) is 0 Å². The minimum Gasteiger partial charge on any atom is -0.379 e. The number of anilines is 2. The molecule has 2 rings (SSSR count). The molecule has 0 radical (unpaired) electrons. The molecule has 0 saturated carbocycles. The molecule has 0 fully saturated rings. The van der Waals surface area contributed by atoms with Crippen LogP contribution in [0.15, 0.2) is 21.2 Å². The number of benzene rings is 1. The third-order valence-electron chi connectivity index (χ3n) is 1.97. The van der Waals surface area contributed by atoms with Crippen molar-refractivity contribution in [2.45, 2.75) is 0 Å². The summed E-state index contributed by atoms with van der Waals surface area (Å²) in [7, 11) is 0. The fourth-order valence-corrected chi connectivity index (χ4v) is 1.69. The van der Waals surface area contributed by atoms with Crippen molar-refractivity contribution in [1.82, 2.24) is 10.3 Å². The normalized spacial score (nSPS) is 10.4. The third kappa shape index (κ3) is 2.30. The van der Waals surface area contributed by atoms with Crippen LogP contribution in [-0.2, 0) is 0 Å². The minimum atomic E-state index is -0.940. The summed E-state index contributed by atoms with van der Waals surface area (Å²) < 4.78 is 30.6. The van der Waals surface area contributed by atoms with E-state index < -0.39 is 17.5 Å². The standard InChI is InChI=1S/C9H5BrF2N4O2/c10-4-1-3(11)2-5(12)6(4)14-9(17)7-8(13)16-18-15-7/h1-2H,(H2,13,16)(H,14,17). The zero-order chi connectivity index (χ0) is 13.3. The molecule has 94 valence electrons. The molecule has 1 heterocycles. The van der Waals surface area contributed by atoms with Gasteiger partial charge in [0, 0.05) is 10.5 Å². The van der Waals surface area contributed by atoms with Crippen molar-refractivity contribution in [3.8, 4) is 0 Å². The Morgan fingerprint density at radius 3 is 2.67 bits per heavy atom. The molecule has 0 spiro atoms. The number of aromatic nitrogens is 2. The number of rotatable bonds is 2. The summed E-state index contributed by atoms with van der Waals surface area (Å²) in [5.41, 5.74) is 4.78. The van der Waals surface area contributed by atoms with Crippen LogP contribution < -0.4 is 11.1 Å². The van der Waals surface area contributed by atoms with Crippen molar-refractivity contribution in [2.75, 3.05) is 11.1 Å². The van der Waals surface area contributed by atoms with E-state index in [4.69, 9.17) is 5.73 Å². The van der Waals surface area contributed by atoms with Gasteiger partial charge in [0.05, 0.1) is 5.69 Å². The Bertz CT molecular complexity index is 593. The fourth-order valence-electron chi connectivity index (χ4n) is 1.19. The van der Waals surface area contributed by atoms with E-state index in [1.807, 2.05) is 0 Å². The molecule has 18 heavy (non-hydrogen) atoms. The lowest BCUT2D eigenvalue weighted by Crippen LogP contribution is -2.15.